The van der Waals surface area contributed by atoms with Crippen LogP contribution in [0.25, 0.3) is 44.2 Å². The van der Waals surface area contributed by atoms with E-state index in [9.17, 15) is 9.90 Å². The van der Waals surface area contributed by atoms with Crippen molar-refractivity contribution in [2.45, 2.75) is 32.7 Å². The van der Waals surface area contributed by atoms with Crippen molar-refractivity contribution in [3.63, 3.8) is 0 Å². The summed E-state index contributed by atoms with van der Waals surface area (Å²) in [6.45, 7) is 3.08. The number of nitrogens with zero attached hydrogens (tertiary/aromatic N) is 2. The monoisotopic (exact) mass is 409 g/mol. The summed E-state index contributed by atoms with van der Waals surface area (Å²) in [6, 6.07) is 18.6. The summed E-state index contributed by atoms with van der Waals surface area (Å²) in [5.74, 6) is 0.511. The molecule has 0 spiro atoms. The average molecular weight is 409 g/mol. The highest BCUT2D eigenvalue weighted by molar-refractivity contribution is 6.09. The molecule has 2 N–H and O–H groups in total. The van der Waals surface area contributed by atoms with Crippen molar-refractivity contribution < 1.29 is 9.90 Å². The maximum absolute atomic E-state index is 11.8. The first-order valence-corrected chi connectivity index (χ1v) is 10.9. The number of para-hydroxylation sites is 1. The second kappa shape index (κ2) is 6.71. The number of aromatic amines is 1. The zero-order valence-electron chi connectivity index (χ0n) is 17.4. The second-order valence-corrected chi connectivity index (χ2v) is 8.56. The summed E-state index contributed by atoms with van der Waals surface area (Å²) in [4.78, 5) is 20.0. The number of carboxylic acid groups (broad SMARTS) is 1. The number of nitrogens with one attached hydrogen (secondary N) is 1. The van der Waals surface area contributed by atoms with Gasteiger partial charge >= 0.3 is 5.97 Å². The van der Waals surface area contributed by atoms with Gasteiger partial charge in [0, 0.05) is 33.9 Å². The summed E-state index contributed by atoms with van der Waals surface area (Å²) in [5.41, 5.74) is 6.32. The van der Waals surface area contributed by atoms with E-state index in [2.05, 4.69) is 58.9 Å². The lowest BCUT2D eigenvalue weighted by Crippen LogP contribution is -2.03. The lowest BCUT2D eigenvalue weighted by molar-refractivity contribution is 0.0696. The van der Waals surface area contributed by atoms with Crippen molar-refractivity contribution >= 4 is 38.8 Å². The largest absolute Gasteiger partial charge is 0.478 e. The fourth-order valence-electron chi connectivity index (χ4n) is 4.78. The summed E-state index contributed by atoms with van der Waals surface area (Å²) in [6.07, 6.45) is 3.21. The van der Waals surface area contributed by atoms with Gasteiger partial charge in [-0.05, 0) is 74.1 Å². The third-order valence-corrected chi connectivity index (χ3v) is 6.50. The van der Waals surface area contributed by atoms with Crippen LogP contribution in [0.15, 0.2) is 54.6 Å². The molecule has 5 heteroatoms. The van der Waals surface area contributed by atoms with Gasteiger partial charge < -0.3 is 14.7 Å². The second-order valence-electron chi connectivity index (χ2n) is 8.56. The molecule has 2 heterocycles. The molecule has 0 aliphatic heterocycles. The Hall–Kier alpha value is -3.60. The highest BCUT2D eigenvalue weighted by Crippen LogP contribution is 2.35. The van der Waals surface area contributed by atoms with E-state index in [1.807, 2.05) is 6.07 Å². The molecular weight excluding hydrogens is 386 g/mol. The number of carbonyl (C=O) groups is 1. The van der Waals surface area contributed by atoms with Crippen LogP contribution in [0.5, 0.6) is 0 Å². The van der Waals surface area contributed by atoms with Crippen LogP contribution >= 0.6 is 0 Å². The van der Waals surface area contributed by atoms with Crippen molar-refractivity contribution in [1.82, 2.24) is 14.5 Å². The fourth-order valence-corrected chi connectivity index (χ4v) is 4.78. The van der Waals surface area contributed by atoms with Crippen LogP contribution in [0, 0.1) is 5.92 Å². The third-order valence-electron chi connectivity index (χ3n) is 6.50. The minimum absolute atomic E-state index is 0.374. The summed E-state index contributed by atoms with van der Waals surface area (Å²) in [7, 11) is 0. The van der Waals surface area contributed by atoms with Gasteiger partial charge in [-0.2, -0.15) is 0 Å². The van der Waals surface area contributed by atoms with Crippen molar-refractivity contribution in [2.75, 3.05) is 0 Å². The molecule has 3 aromatic carbocycles. The van der Waals surface area contributed by atoms with Gasteiger partial charge in [-0.3, -0.25) is 0 Å². The standard InChI is InChI=1S/C26H23N3O2/c1-2-29-23-6-4-3-5-18(23)20-12-16(9-10-24(20)29)25-27-21-13-17(11-15-7-8-15)19(26(30)31)14-22(21)28-25/h3-6,9-10,12-15H,2,7-8,11H2,1H3,(H,27,28)(H,30,31). The van der Waals surface area contributed by atoms with Crippen molar-refractivity contribution in [1.29, 1.82) is 0 Å². The predicted molar refractivity (Wildman–Crippen MR) is 124 cm³/mol. The highest BCUT2D eigenvalue weighted by atomic mass is 16.4. The number of H-pyrrole nitrogens is 1. The van der Waals surface area contributed by atoms with E-state index in [0.717, 1.165) is 35.4 Å². The van der Waals surface area contributed by atoms with E-state index in [1.165, 1.54) is 34.6 Å². The molecule has 0 amide bonds. The van der Waals surface area contributed by atoms with Crippen LogP contribution in [0.1, 0.15) is 35.7 Å². The number of fused-ring (bicyclic) bond motifs is 4. The Labute approximate surface area is 179 Å². The maximum Gasteiger partial charge on any atom is 0.336 e. The number of hydrogen-bond donors (Lipinski definition) is 2. The van der Waals surface area contributed by atoms with Crippen molar-refractivity contribution in [3.8, 4) is 11.4 Å². The van der Waals surface area contributed by atoms with Crippen LogP contribution < -0.4 is 0 Å². The first kappa shape index (κ1) is 18.2. The zero-order valence-corrected chi connectivity index (χ0v) is 17.4. The quantitative estimate of drug-likeness (QED) is 0.373. The predicted octanol–water partition coefficient (Wildman–Crippen LogP) is 6.01. The number of rotatable bonds is 5. The normalized spacial score (nSPS) is 14.1. The van der Waals surface area contributed by atoms with Gasteiger partial charge in [-0.15, -0.1) is 0 Å². The zero-order chi connectivity index (χ0) is 21.1. The number of aromatic nitrogens is 3. The molecule has 0 unspecified atom stereocenters. The topological polar surface area (TPSA) is 70.9 Å². The first-order chi connectivity index (χ1) is 15.1. The van der Waals surface area contributed by atoms with Crippen LogP contribution in [0.4, 0.5) is 0 Å². The molecule has 1 aliphatic carbocycles. The lowest BCUT2D eigenvalue weighted by Gasteiger charge is -2.05. The number of imidazole rings is 1. The maximum atomic E-state index is 11.8. The number of carboxylic acids is 1. The van der Waals surface area contributed by atoms with E-state index in [4.69, 9.17) is 4.98 Å². The molecule has 1 aliphatic rings. The summed E-state index contributed by atoms with van der Waals surface area (Å²) in [5, 5.41) is 12.1. The van der Waals surface area contributed by atoms with E-state index >= 15 is 0 Å². The Balaban J connectivity index is 1.51. The molecule has 2 aromatic heterocycles. The third kappa shape index (κ3) is 2.92. The number of benzene rings is 3. The minimum atomic E-state index is -0.879. The smallest absolute Gasteiger partial charge is 0.336 e. The molecule has 0 saturated heterocycles. The minimum Gasteiger partial charge on any atom is -0.478 e. The molecule has 5 aromatic rings. The highest BCUT2D eigenvalue weighted by Gasteiger charge is 2.25. The van der Waals surface area contributed by atoms with Gasteiger partial charge in [-0.1, -0.05) is 18.2 Å². The average Bonchev–Trinajstić information content (AvgIpc) is 3.40. The molecular formula is C26H23N3O2. The van der Waals surface area contributed by atoms with Gasteiger partial charge in [-0.25, -0.2) is 9.78 Å². The van der Waals surface area contributed by atoms with Gasteiger partial charge in [0.05, 0.1) is 16.6 Å². The van der Waals surface area contributed by atoms with Crippen LogP contribution in [0.3, 0.4) is 0 Å². The van der Waals surface area contributed by atoms with Gasteiger partial charge in [0.25, 0.3) is 0 Å². The molecule has 1 saturated carbocycles. The molecule has 154 valence electrons. The molecule has 0 atom stereocenters. The van der Waals surface area contributed by atoms with Crippen LogP contribution in [0.2, 0.25) is 0 Å². The Bertz CT molecular complexity index is 1490. The van der Waals surface area contributed by atoms with Crippen molar-refractivity contribution in [2.24, 2.45) is 5.92 Å². The summed E-state index contributed by atoms with van der Waals surface area (Å²) < 4.78 is 2.33. The Kier molecular flexibility index (Phi) is 3.93. The van der Waals surface area contributed by atoms with Crippen LogP contribution in [-0.4, -0.2) is 25.6 Å². The van der Waals surface area contributed by atoms with Gasteiger partial charge in [0.15, 0.2) is 0 Å². The van der Waals surface area contributed by atoms with E-state index < -0.39 is 5.97 Å². The Morgan fingerprint density at radius 2 is 1.90 bits per heavy atom. The Morgan fingerprint density at radius 1 is 1.10 bits per heavy atom. The number of aryl methyl sites for hydroxylation is 1. The van der Waals surface area contributed by atoms with E-state index in [0.29, 0.717) is 17.0 Å². The van der Waals surface area contributed by atoms with Crippen molar-refractivity contribution in [3.05, 3.63) is 65.7 Å². The van der Waals surface area contributed by atoms with E-state index in [-0.39, 0.29) is 0 Å². The van der Waals surface area contributed by atoms with Crippen LogP contribution in [-0.2, 0) is 13.0 Å². The molecule has 6 rings (SSSR count). The molecule has 1 fully saturated rings. The molecule has 31 heavy (non-hydrogen) atoms. The number of aromatic carboxylic acids is 1. The Morgan fingerprint density at radius 3 is 2.68 bits per heavy atom. The van der Waals surface area contributed by atoms with Gasteiger partial charge in [0.2, 0.25) is 0 Å². The van der Waals surface area contributed by atoms with E-state index in [1.54, 1.807) is 6.07 Å². The summed E-state index contributed by atoms with van der Waals surface area (Å²) >= 11 is 0. The van der Waals surface area contributed by atoms with Gasteiger partial charge in [0.1, 0.15) is 5.82 Å². The SMILES string of the molecule is CCn1c2ccccc2c2cc(-c3nc4cc(C(=O)O)c(CC5CC5)cc4[nH]3)ccc21. The fraction of sp³-hybridized carbons (Fsp3) is 0.231. The molecule has 5 nitrogen and oxygen atoms in total. The molecule has 0 bridgehead atoms. The number of hydrogen-bond acceptors (Lipinski definition) is 2. The molecule has 0 radical (unpaired) electrons. The lowest BCUT2D eigenvalue weighted by atomic mass is 10.0. The first-order valence-electron chi connectivity index (χ1n) is 10.9.